The van der Waals surface area contributed by atoms with Crippen molar-refractivity contribution in [1.82, 2.24) is 0 Å². The van der Waals surface area contributed by atoms with Gasteiger partial charge in [-0.1, -0.05) is 48.5 Å². The topological polar surface area (TPSA) is 50.7 Å². The number of nitrogens with one attached hydrogen (secondary N) is 1. The minimum Gasteiger partial charge on any atom is -0.475 e. The average molecular weight is 410 g/mol. The number of hydrogen-bond donors (Lipinski definition) is 1. The number of aliphatic imine (C=N–C) groups is 1. The van der Waals surface area contributed by atoms with Crippen molar-refractivity contribution in [3.05, 3.63) is 89.5 Å². The predicted octanol–water partition coefficient (Wildman–Crippen LogP) is 5.40. The third-order valence-corrected chi connectivity index (χ3v) is 4.67. The number of carbonyl (C=O) groups is 1. The lowest BCUT2D eigenvalue weighted by Crippen LogP contribution is -2.20. The molecule has 0 saturated carbocycles. The summed E-state index contributed by atoms with van der Waals surface area (Å²) < 4.78 is 46.7. The van der Waals surface area contributed by atoms with E-state index in [-0.39, 0.29) is 0 Å². The second kappa shape index (κ2) is 8.02. The zero-order valence-corrected chi connectivity index (χ0v) is 15.7. The molecule has 3 aromatic rings. The average Bonchev–Trinajstić information content (AvgIpc) is 3.28. The van der Waals surface area contributed by atoms with Crippen molar-refractivity contribution in [3.8, 4) is 11.1 Å². The van der Waals surface area contributed by atoms with E-state index >= 15 is 0 Å². The molecule has 4 nitrogen and oxygen atoms in total. The molecule has 0 aromatic heterocycles. The van der Waals surface area contributed by atoms with Crippen molar-refractivity contribution in [2.24, 2.45) is 4.99 Å². The first-order valence-corrected chi connectivity index (χ1v) is 9.28. The summed E-state index contributed by atoms with van der Waals surface area (Å²) in [5, 5.41) is 2.58. The van der Waals surface area contributed by atoms with Gasteiger partial charge in [-0.15, -0.1) is 0 Å². The molecule has 0 bridgehead atoms. The van der Waals surface area contributed by atoms with Gasteiger partial charge in [0, 0.05) is 0 Å². The number of para-hydroxylation sites is 1. The van der Waals surface area contributed by atoms with Crippen LogP contribution in [0.3, 0.4) is 0 Å². The molecular weight excluding hydrogens is 393 g/mol. The van der Waals surface area contributed by atoms with Crippen LogP contribution < -0.4 is 5.32 Å². The Kier molecular flexibility index (Phi) is 5.27. The van der Waals surface area contributed by atoms with E-state index in [1.807, 2.05) is 0 Å². The molecule has 152 valence electrons. The summed E-state index contributed by atoms with van der Waals surface area (Å²) in [6.45, 7) is 0.924. The lowest BCUT2D eigenvalue weighted by molar-refractivity contribution is -0.137. The number of anilines is 1. The van der Waals surface area contributed by atoms with Crippen molar-refractivity contribution in [2.45, 2.75) is 6.18 Å². The monoisotopic (exact) mass is 410 g/mol. The van der Waals surface area contributed by atoms with Crippen LogP contribution in [0.1, 0.15) is 21.5 Å². The summed E-state index contributed by atoms with van der Waals surface area (Å²) >= 11 is 0. The van der Waals surface area contributed by atoms with Crippen LogP contribution in [0.25, 0.3) is 11.1 Å². The van der Waals surface area contributed by atoms with Crippen molar-refractivity contribution in [2.75, 3.05) is 18.5 Å². The normalized spacial score (nSPS) is 13.5. The fraction of sp³-hybridized carbons (Fsp3) is 0.130. The van der Waals surface area contributed by atoms with E-state index in [4.69, 9.17) is 4.74 Å². The van der Waals surface area contributed by atoms with Crippen LogP contribution in [0.4, 0.5) is 18.9 Å². The first kappa shape index (κ1) is 19.7. The van der Waals surface area contributed by atoms with Gasteiger partial charge in [-0.2, -0.15) is 13.2 Å². The Morgan fingerprint density at radius 3 is 2.37 bits per heavy atom. The molecule has 1 amide bonds. The number of rotatable bonds is 4. The van der Waals surface area contributed by atoms with Gasteiger partial charge in [0.2, 0.25) is 5.90 Å². The van der Waals surface area contributed by atoms with Gasteiger partial charge in [0.15, 0.2) is 0 Å². The summed E-state index contributed by atoms with van der Waals surface area (Å²) in [4.78, 5) is 17.0. The van der Waals surface area contributed by atoms with Gasteiger partial charge in [0.1, 0.15) is 6.61 Å². The maximum atomic E-state index is 13.7. The lowest BCUT2D eigenvalue weighted by atomic mass is 9.98. The van der Waals surface area contributed by atoms with Gasteiger partial charge < -0.3 is 10.1 Å². The van der Waals surface area contributed by atoms with Crippen molar-refractivity contribution < 1.29 is 22.7 Å². The van der Waals surface area contributed by atoms with E-state index in [1.54, 1.807) is 54.6 Å². The number of carbonyl (C=O) groups excluding carboxylic acids is 1. The molecule has 0 atom stereocenters. The Morgan fingerprint density at radius 1 is 0.933 bits per heavy atom. The minimum atomic E-state index is -4.68. The molecule has 30 heavy (non-hydrogen) atoms. The highest BCUT2D eigenvalue weighted by atomic mass is 19.4. The fourth-order valence-corrected chi connectivity index (χ4v) is 3.25. The van der Waals surface area contributed by atoms with Gasteiger partial charge in [0.05, 0.1) is 28.9 Å². The summed E-state index contributed by atoms with van der Waals surface area (Å²) in [6.07, 6.45) is -4.68. The summed E-state index contributed by atoms with van der Waals surface area (Å²) in [5.41, 5.74) is 0.436. The van der Waals surface area contributed by atoms with E-state index in [9.17, 15) is 18.0 Å². The Labute approximate surface area is 171 Å². The van der Waals surface area contributed by atoms with E-state index in [2.05, 4.69) is 10.3 Å². The van der Waals surface area contributed by atoms with Crippen molar-refractivity contribution >= 4 is 17.5 Å². The van der Waals surface area contributed by atoms with E-state index in [1.165, 1.54) is 12.1 Å². The molecule has 0 radical (unpaired) electrons. The minimum absolute atomic E-state index is 0.336. The van der Waals surface area contributed by atoms with Crippen LogP contribution in [0.2, 0.25) is 0 Å². The zero-order valence-electron chi connectivity index (χ0n) is 15.7. The number of halogens is 3. The van der Waals surface area contributed by atoms with Crippen molar-refractivity contribution in [3.63, 3.8) is 0 Å². The first-order valence-electron chi connectivity index (χ1n) is 9.28. The first-order chi connectivity index (χ1) is 14.4. The number of benzene rings is 3. The Morgan fingerprint density at radius 2 is 1.67 bits per heavy atom. The third-order valence-electron chi connectivity index (χ3n) is 4.67. The molecule has 0 saturated heterocycles. The smallest absolute Gasteiger partial charge is 0.417 e. The predicted molar refractivity (Wildman–Crippen MR) is 109 cm³/mol. The second-order valence-corrected chi connectivity index (χ2v) is 6.66. The van der Waals surface area contributed by atoms with Crippen LogP contribution in [-0.4, -0.2) is 25.0 Å². The number of amides is 1. The Balaban J connectivity index is 1.70. The molecule has 3 aromatic carbocycles. The largest absolute Gasteiger partial charge is 0.475 e. The number of alkyl halides is 3. The van der Waals surface area contributed by atoms with Gasteiger partial charge in [-0.05, 0) is 35.4 Å². The second-order valence-electron chi connectivity index (χ2n) is 6.66. The molecule has 0 spiro atoms. The van der Waals surface area contributed by atoms with E-state index in [0.717, 1.165) is 6.07 Å². The number of nitrogens with zero attached hydrogens (tertiary/aromatic N) is 1. The van der Waals surface area contributed by atoms with Crippen LogP contribution in [0, 0.1) is 0 Å². The van der Waals surface area contributed by atoms with E-state index < -0.39 is 23.2 Å². The summed E-state index contributed by atoms with van der Waals surface area (Å²) in [5.74, 6) is -0.491. The van der Waals surface area contributed by atoms with Crippen LogP contribution in [0.5, 0.6) is 0 Å². The van der Waals surface area contributed by atoms with Crippen molar-refractivity contribution in [1.29, 1.82) is 0 Å². The molecule has 1 N–H and O–H groups in total. The van der Waals surface area contributed by atoms with Crippen LogP contribution in [-0.2, 0) is 10.9 Å². The zero-order chi connectivity index (χ0) is 21.1. The molecule has 1 aliphatic heterocycles. The molecule has 7 heteroatoms. The highest BCUT2D eigenvalue weighted by Crippen LogP contribution is 2.35. The van der Waals surface area contributed by atoms with Crippen LogP contribution in [0.15, 0.2) is 77.8 Å². The molecular formula is C23H17F3N2O2. The van der Waals surface area contributed by atoms with Gasteiger partial charge in [-0.3, -0.25) is 4.79 Å². The summed E-state index contributed by atoms with van der Waals surface area (Å²) in [7, 11) is 0. The number of hydrogen-bond acceptors (Lipinski definition) is 3. The van der Waals surface area contributed by atoms with Gasteiger partial charge in [-0.25, -0.2) is 4.99 Å². The fourth-order valence-electron chi connectivity index (χ4n) is 3.25. The molecule has 1 aliphatic rings. The highest BCUT2D eigenvalue weighted by Gasteiger charge is 2.35. The number of ether oxygens (including phenoxy) is 1. The molecule has 0 unspecified atom stereocenters. The van der Waals surface area contributed by atoms with Gasteiger partial charge >= 0.3 is 6.18 Å². The quantitative estimate of drug-likeness (QED) is 0.626. The summed E-state index contributed by atoms with van der Waals surface area (Å²) in [6, 6.07) is 19.1. The molecule has 0 aliphatic carbocycles. The molecule has 4 rings (SSSR count). The lowest BCUT2D eigenvalue weighted by Gasteiger charge is -2.16. The van der Waals surface area contributed by atoms with Crippen LogP contribution >= 0.6 is 0 Å². The van der Waals surface area contributed by atoms with E-state index in [0.29, 0.717) is 41.4 Å². The Bertz CT molecular complexity index is 1110. The van der Waals surface area contributed by atoms with Gasteiger partial charge in [0.25, 0.3) is 5.91 Å². The standard InChI is InChI=1S/C23H17F3N2O2/c24-23(25,26)19-14-16(15-6-2-1-3-7-15)10-11-17(19)21(29)28-20-9-5-4-8-18(20)22-27-12-13-30-22/h1-11,14H,12-13H2,(H,28,29). The SMILES string of the molecule is O=C(Nc1ccccc1C1=NCCO1)c1ccc(-c2ccccc2)cc1C(F)(F)F. The Hall–Kier alpha value is -3.61. The highest BCUT2D eigenvalue weighted by molar-refractivity contribution is 6.10. The molecule has 1 heterocycles. The molecule has 0 fully saturated rings. The maximum Gasteiger partial charge on any atom is 0.417 e. The third kappa shape index (κ3) is 4.05. The maximum absolute atomic E-state index is 13.7.